The molecule has 0 aromatic carbocycles. The average Bonchev–Trinajstić information content (AvgIpc) is 2.17. The number of aliphatic hydroxyl groups excluding tert-OH is 4. The van der Waals surface area contributed by atoms with E-state index in [1.165, 1.54) is 11.8 Å². The summed E-state index contributed by atoms with van der Waals surface area (Å²) in [4.78, 5) is 0. The first-order valence-electron chi connectivity index (χ1n) is 5.24. The van der Waals surface area contributed by atoms with Gasteiger partial charge in [-0.15, -0.1) is 11.8 Å². The number of rotatable bonds is 2. The highest BCUT2D eigenvalue weighted by Crippen LogP contribution is 2.35. The van der Waals surface area contributed by atoms with Crippen LogP contribution >= 0.6 is 11.8 Å². The molecule has 1 heterocycles. The van der Waals surface area contributed by atoms with E-state index < -0.39 is 29.9 Å². The number of thioether (sulfide) groups is 1. The quantitative estimate of drug-likeness (QED) is 0.520. The van der Waals surface area contributed by atoms with Crippen molar-refractivity contribution in [2.24, 2.45) is 0 Å². The van der Waals surface area contributed by atoms with Crippen LogP contribution in [0.25, 0.3) is 0 Å². The number of hydrogen-bond acceptors (Lipinski definition) is 6. The molecule has 1 fully saturated rings. The molecule has 0 aromatic rings. The molecule has 0 bridgehead atoms. The van der Waals surface area contributed by atoms with E-state index in [2.05, 4.69) is 0 Å². The van der Waals surface area contributed by atoms with Gasteiger partial charge in [-0.2, -0.15) is 0 Å². The van der Waals surface area contributed by atoms with Crippen molar-refractivity contribution in [3.05, 3.63) is 0 Å². The highest BCUT2D eigenvalue weighted by molar-refractivity contribution is 8.01. The maximum absolute atomic E-state index is 9.75. The van der Waals surface area contributed by atoms with Crippen molar-refractivity contribution in [1.29, 1.82) is 0 Å². The topological polar surface area (TPSA) is 90.2 Å². The molecule has 16 heavy (non-hydrogen) atoms. The van der Waals surface area contributed by atoms with Crippen LogP contribution < -0.4 is 0 Å². The monoisotopic (exact) mass is 252 g/mol. The fourth-order valence-electron chi connectivity index (χ4n) is 1.51. The summed E-state index contributed by atoms with van der Waals surface area (Å²) in [5.74, 6) is 0. The van der Waals surface area contributed by atoms with Crippen molar-refractivity contribution in [3.63, 3.8) is 0 Å². The van der Waals surface area contributed by atoms with Gasteiger partial charge in [-0.3, -0.25) is 0 Å². The largest absolute Gasteiger partial charge is 0.394 e. The van der Waals surface area contributed by atoms with Crippen molar-refractivity contribution in [3.8, 4) is 0 Å². The Hall–Kier alpha value is 0.150. The van der Waals surface area contributed by atoms with Crippen molar-refractivity contribution in [1.82, 2.24) is 0 Å². The minimum absolute atomic E-state index is 0.145. The lowest BCUT2D eigenvalue weighted by atomic mass is 10.0. The second-order valence-corrected chi connectivity index (χ2v) is 6.85. The zero-order chi connectivity index (χ0) is 12.5. The summed E-state index contributed by atoms with van der Waals surface area (Å²) in [6.07, 6.45) is -4.54. The molecular weight excluding hydrogens is 232 g/mol. The second kappa shape index (κ2) is 5.20. The summed E-state index contributed by atoms with van der Waals surface area (Å²) in [5, 5.41) is 37.9. The van der Waals surface area contributed by atoms with Gasteiger partial charge in [-0.1, -0.05) is 20.8 Å². The van der Waals surface area contributed by atoms with Crippen LogP contribution in [0.4, 0.5) is 0 Å². The fourth-order valence-corrected chi connectivity index (χ4v) is 2.71. The van der Waals surface area contributed by atoms with Gasteiger partial charge < -0.3 is 25.2 Å². The summed E-state index contributed by atoms with van der Waals surface area (Å²) >= 11 is 1.36. The van der Waals surface area contributed by atoms with E-state index in [1.54, 1.807) is 0 Å². The Labute approximate surface area is 99.4 Å². The van der Waals surface area contributed by atoms with Gasteiger partial charge >= 0.3 is 0 Å². The van der Waals surface area contributed by atoms with E-state index in [0.717, 1.165) is 0 Å². The Balaban J connectivity index is 2.71. The first kappa shape index (κ1) is 14.2. The number of aliphatic hydroxyl groups is 4. The van der Waals surface area contributed by atoms with Gasteiger partial charge in [0.1, 0.15) is 29.9 Å². The molecule has 96 valence electrons. The first-order chi connectivity index (χ1) is 7.26. The Morgan fingerprint density at radius 1 is 1.06 bits per heavy atom. The predicted molar refractivity (Wildman–Crippen MR) is 61.1 cm³/mol. The zero-order valence-corrected chi connectivity index (χ0v) is 10.5. The Morgan fingerprint density at radius 3 is 2.06 bits per heavy atom. The van der Waals surface area contributed by atoms with Crippen LogP contribution in [0.5, 0.6) is 0 Å². The van der Waals surface area contributed by atoms with E-state index in [1.807, 2.05) is 20.8 Å². The molecule has 6 heteroatoms. The lowest BCUT2D eigenvalue weighted by Gasteiger charge is -2.41. The Bertz CT molecular complexity index is 228. The summed E-state index contributed by atoms with van der Waals surface area (Å²) in [6, 6.07) is 0. The lowest BCUT2D eigenvalue weighted by Crippen LogP contribution is -2.58. The number of hydrogen-bond donors (Lipinski definition) is 4. The Morgan fingerprint density at radius 2 is 1.62 bits per heavy atom. The maximum Gasteiger partial charge on any atom is 0.132 e. The van der Waals surface area contributed by atoms with Gasteiger partial charge in [0.15, 0.2) is 0 Å². The van der Waals surface area contributed by atoms with Gasteiger partial charge in [0.25, 0.3) is 0 Å². The van der Waals surface area contributed by atoms with E-state index in [-0.39, 0.29) is 11.4 Å². The molecule has 0 unspecified atom stereocenters. The van der Waals surface area contributed by atoms with Crippen molar-refractivity contribution in [2.75, 3.05) is 6.61 Å². The minimum Gasteiger partial charge on any atom is -0.394 e. The van der Waals surface area contributed by atoms with Crippen LogP contribution in [-0.2, 0) is 4.74 Å². The van der Waals surface area contributed by atoms with E-state index in [4.69, 9.17) is 9.84 Å². The normalized spacial score (nSPS) is 41.1. The summed E-state index contributed by atoms with van der Waals surface area (Å²) in [6.45, 7) is 5.49. The van der Waals surface area contributed by atoms with E-state index in [9.17, 15) is 15.3 Å². The molecule has 1 aliphatic rings. The third-order valence-electron chi connectivity index (χ3n) is 2.32. The van der Waals surface area contributed by atoms with Crippen LogP contribution in [-0.4, -0.2) is 61.6 Å². The highest BCUT2D eigenvalue weighted by atomic mass is 32.2. The van der Waals surface area contributed by atoms with Crippen LogP contribution in [0.15, 0.2) is 0 Å². The first-order valence-corrected chi connectivity index (χ1v) is 6.12. The van der Waals surface area contributed by atoms with Crippen LogP contribution in [0, 0.1) is 0 Å². The molecule has 5 atom stereocenters. The molecule has 1 aliphatic heterocycles. The standard InChI is InChI=1S/C10H20O5S/c1-10(2,3)16-9-8(14)7(13)6(12)5(4-11)15-9/h5-9,11-14H,4H2,1-3H3/t5-,6+,7-,8-,9-/m0/s1. The van der Waals surface area contributed by atoms with Crippen LogP contribution in [0.1, 0.15) is 20.8 Å². The van der Waals surface area contributed by atoms with Gasteiger partial charge in [-0.05, 0) is 0 Å². The number of ether oxygens (including phenoxy) is 1. The molecule has 1 saturated heterocycles. The lowest BCUT2D eigenvalue weighted by molar-refractivity contribution is -0.205. The molecular formula is C10H20O5S. The smallest absolute Gasteiger partial charge is 0.132 e. The molecule has 4 N–H and O–H groups in total. The fraction of sp³-hybridized carbons (Fsp3) is 1.00. The van der Waals surface area contributed by atoms with Gasteiger partial charge in [0.05, 0.1) is 6.61 Å². The van der Waals surface area contributed by atoms with Gasteiger partial charge in [0, 0.05) is 4.75 Å². The second-order valence-electron chi connectivity index (χ2n) is 4.93. The van der Waals surface area contributed by atoms with Crippen LogP contribution in [0.2, 0.25) is 0 Å². The summed E-state index contributed by atoms with van der Waals surface area (Å²) < 4.78 is 5.21. The molecule has 0 amide bonds. The predicted octanol–water partition coefficient (Wildman–Crippen LogP) is -0.682. The molecule has 5 nitrogen and oxygen atoms in total. The van der Waals surface area contributed by atoms with E-state index >= 15 is 0 Å². The van der Waals surface area contributed by atoms with Crippen molar-refractivity contribution in [2.45, 2.75) is 55.4 Å². The SMILES string of the molecule is CC(C)(C)S[C@@H]1O[C@@H](CO)[C@@H](O)[C@H](O)[C@@H]1O. The molecule has 1 rings (SSSR count). The van der Waals surface area contributed by atoms with Gasteiger partial charge in [-0.25, -0.2) is 0 Å². The van der Waals surface area contributed by atoms with Crippen molar-refractivity contribution < 1.29 is 25.2 Å². The molecule has 0 saturated carbocycles. The molecule has 0 spiro atoms. The third-order valence-corrected chi connectivity index (χ3v) is 3.65. The molecule has 0 radical (unpaired) electrons. The van der Waals surface area contributed by atoms with Crippen molar-refractivity contribution >= 4 is 11.8 Å². The Kier molecular flexibility index (Phi) is 4.62. The van der Waals surface area contributed by atoms with Crippen LogP contribution in [0.3, 0.4) is 0 Å². The molecule has 0 aliphatic carbocycles. The minimum atomic E-state index is -1.29. The van der Waals surface area contributed by atoms with Gasteiger partial charge in [0.2, 0.25) is 0 Å². The summed E-state index contributed by atoms with van der Waals surface area (Å²) in [7, 11) is 0. The highest BCUT2D eigenvalue weighted by Gasteiger charge is 2.44. The zero-order valence-electron chi connectivity index (χ0n) is 9.70. The third kappa shape index (κ3) is 3.32. The maximum atomic E-state index is 9.75. The summed E-state index contributed by atoms with van der Waals surface area (Å²) in [5.41, 5.74) is -0.643. The molecule has 0 aromatic heterocycles. The van der Waals surface area contributed by atoms with E-state index in [0.29, 0.717) is 0 Å². The average molecular weight is 252 g/mol.